The molecule has 0 aliphatic carbocycles. The number of rotatable bonds is 9. The molecule has 0 aliphatic heterocycles. The molecule has 0 aromatic heterocycles. The predicted octanol–water partition coefficient (Wildman–Crippen LogP) is 2.40. The summed E-state index contributed by atoms with van der Waals surface area (Å²) in [6.45, 7) is 2.65. The predicted molar refractivity (Wildman–Crippen MR) is 61.9 cm³/mol. The van der Waals surface area contributed by atoms with Gasteiger partial charge in [0, 0.05) is 0 Å². The summed E-state index contributed by atoms with van der Waals surface area (Å²) in [5, 5.41) is 8.78. The van der Waals surface area contributed by atoms with Crippen LogP contribution in [0.3, 0.4) is 0 Å². The molecule has 2 heteroatoms. The van der Waals surface area contributed by atoms with E-state index in [2.05, 4.69) is 6.92 Å². The molecule has 1 N–H and O–H groups in total. The van der Waals surface area contributed by atoms with E-state index in [1.807, 2.05) is 0 Å². The van der Waals surface area contributed by atoms with Gasteiger partial charge in [-0.05, 0) is 0 Å². The van der Waals surface area contributed by atoms with Gasteiger partial charge in [0.25, 0.3) is 0 Å². The molecule has 0 rings (SSSR count). The molecule has 0 spiro atoms. The molecule has 0 saturated heterocycles. The first kappa shape index (κ1) is 13.8. The molecule has 1 nitrogen and oxygen atoms in total. The van der Waals surface area contributed by atoms with Crippen LogP contribution in [0.4, 0.5) is 0 Å². The topological polar surface area (TPSA) is 20.2 Å². The van der Waals surface area contributed by atoms with Crippen molar-refractivity contribution < 1.29 is 5.11 Å². The summed E-state index contributed by atoms with van der Waals surface area (Å²) < 4.78 is 1.52. The van der Waals surface area contributed by atoms with Crippen LogP contribution in [0.25, 0.3) is 0 Å². The molecule has 0 bridgehead atoms. The fourth-order valence-corrected chi connectivity index (χ4v) is 2.96. The Labute approximate surface area is 97.9 Å². The van der Waals surface area contributed by atoms with E-state index >= 15 is 0 Å². The van der Waals surface area contributed by atoms with Crippen molar-refractivity contribution in [2.24, 2.45) is 5.92 Å². The van der Waals surface area contributed by atoms with Gasteiger partial charge in [-0.2, -0.15) is 0 Å². The first-order valence-corrected chi connectivity index (χ1v) is 9.99. The molecule has 0 radical (unpaired) electrons. The average Bonchev–Trinajstić information content (AvgIpc) is 2.17. The Morgan fingerprint density at radius 3 is 2.23 bits per heavy atom. The molecule has 0 aromatic carbocycles. The van der Waals surface area contributed by atoms with E-state index < -0.39 is 0 Å². The van der Waals surface area contributed by atoms with Crippen molar-refractivity contribution in [3.63, 3.8) is 0 Å². The van der Waals surface area contributed by atoms with Crippen molar-refractivity contribution in [3.8, 4) is 0 Å². The molecule has 0 aliphatic rings. The van der Waals surface area contributed by atoms with Crippen LogP contribution in [0.1, 0.15) is 51.9 Å². The van der Waals surface area contributed by atoms with Crippen LogP contribution in [0.2, 0.25) is 4.18 Å². The molecule has 1 unspecified atom stereocenters. The van der Waals surface area contributed by atoms with Gasteiger partial charge in [-0.3, -0.25) is 0 Å². The minimum absolute atomic E-state index is 0.383. The van der Waals surface area contributed by atoms with Gasteiger partial charge in [-0.1, -0.05) is 0 Å². The third kappa shape index (κ3) is 9.14. The van der Waals surface area contributed by atoms with E-state index in [-0.39, 0.29) is 0 Å². The van der Waals surface area contributed by atoms with E-state index in [1.165, 1.54) is 42.7 Å². The number of unbranched alkanes of at least 4 members (excludes halogenated alkanes) is 1. The fourth-order valence-electron chi connectivity index (χ4n) is 1.80. The zero-order chi connectivity index (χ0) is 9.94. The summed E-state index contributed by atoms with van der Waals surface area (Å²) in [6, 6.07) is 0. The van der Waals surface area contributed by atoms with Gasteiger partial charge < -0.3 is 0 Å². The fraction of sp³-hybridized carbons (Fsp3) is 1.00. The molecule has 0 amide bonds. The summed E-state index contributed by atoms with van der Waals surface area (Å²) in [6.07, 6.45) is 9.24. The third-order valence-electron chi connectivity index (χ3n) is 2.70. The Balaban J connectivity index is 3.47. The van der Waals surface area contributed by atoms with Gasteiger partial charge in [0.05, 0.1) is 0 Å². The van der Waals surface area contributed by atoms with Crippen molar-refractivity contribution in [2.45, 2.75) is 56.0 Å². The molecule has 0 fully saturated rings. The van der Waals surface area contributed by atoms with Crippen LogP contribution in [0, 0.1) is 5.92 Å². The number of aliphatic hydroxyl groups is 1. The van der Waals surface area contributed by atoms with Gasteiger partial charge >= 0.3 is 98.1 Å². The Bertz CT molecular complexity index is 77.1. The maximum absolute atomic E-state index is 8.78. The van der Waals surface area contributed by atoms with E-state index in [0.29, 0.717) is 6.61 Å². The Morgan fingerprint density at radius 2 is 1.69 bits per heavy atom. The van der Waals surface area contributed by atoms with Crippen molar-refractivity contribution in [2.75, 3.05) is 6.61 Å². The van der Waals surface area contributed by atoms with E-state index in [4.69, 9.17) is 5.11 Å². The second-order valence-electron chi connectivity index (χ2n) is 4.02. The summed E-state index contributed by atoms with van der Waals surface area (Å²) >= 11 is 0.896. The number of hydrogen-bond acceptors (Lipinski definition) is 1. The van der Waals surface area contributed by atoms with Crippen LogP contribution in [-0.4, -0.2) is 36.1 Å². The summed E-state index contributed by atoms with van der Waals surface area (Å²) in [5.74, 6) is 0.915. The van der Waals surface area contributed by atoms with Crippen LogP contribution in [0.15, 0.2) is 0 Å². The summed E-state index contributed by atoms with van der Waals surface area (Å²) in [4.78, 5) is 0. The van der Waals surface area contributed by atoms with Crippen molar-refractivity contribution in [3.05, 3.63) is 0 Å². The molecule has 1 atom stereocenters. The molecule has 78 valence electrons. The maximum atomic E-state index is 8.78. The Hall–Kier alpha value is 0.830. The average molecular weight is 288 g/mol. The number of hydrogen-bond donors (Lipinski definition) is 1. The summed E-state index contributed by atoms with van der Waals surface area (Å²) in [5.41, 5.74) is 0. The van der Waals surface area contributed by atoms with E-state index in [9.17, 15) is 0 Å². The van der Waals surface area contributed by atoms with Crippen LogP contribution < -0.4 is 0 Å². The molecule has 0 aromatic rings. The Kier molecular flexibility index (Phi) is 11.6. The number of aliphatic hydroxyl groups excluding tert-OH is 1. The van der Waals surface area contributed by atoms with Gasteiger partial charge in [-0.25, -0.2) is 0 Å². The molecular formula is C11H25InO. The van der Waals surface area contributed by atoms with Crippen molar-refractivity contribution in [1.82, 2.24) is 0 Å². The first-order chi connectivity index (χ1) is 6.35. The Morgan fingerprint density at radius 1 is 1.08 bits per heavy atom. The minimum atomic E-state index is 0.383. The van der Waals surface area contributed by atoms with Crippen molar-refractivity contribution in [1.29, 1.82) is 0 Å². The van der Waals surface area contributed by atoms with Crippen LogP contribution in [0.5, 0.6) is 0 Å². The van der Waals surface area contributed by atoms with Crippen LogP contribution >= 0.6 is 0 Å². The van der Waals surface area contributed by atoms with Gasteiger partial charge in [-0.15, -0.1) is 0 Å². The van der Waals surface area contributed by atoms with Gasteiger partial charge in [0.2, 0.25) is 0 Å². The quantitative estimate of drug-likeness (QED) is 0.690. The van der Waals surface area contributed by atoms with Crippen LogP contribution in [-0.2, 0) is 0 Å². The zero-order valence-corrected chi connectivity index (χ0v) is 15.1. The first-order valence-electron chi connectivity index (χ1n) is 5.96. The van der Waals surface area contributed by atoms with Gasteiger partial charge in [0.15, 0.2) is 0 Å². The summed E-state index contributed by atoms with van der Waals surface area (Å²) in [7, 11) is 0. The molecule has 13 heavy (non-hydrogen) atoms. The third-order valence-corrected chi connectivity index (χ3v) is 4.72. The molecule has 0 heterocycles. The standard InChI is InChI=1S/C11H23O.In.2H/c1-3-5-8-11(7-4-2)9-6-10-12;;;/h11-12H,2-10H2,1H3;;;. The van der Waals surface area contributed by atoms with E-state index in [0.717, 1.165) is 36.7 Å². The normalized spacial score (nSPS) is 13.1. The molecular weight excluding hydrogens is 263 g/mol. The zero-order valence-electron chi connectivity index (χ0n) is 9.39. The van der Waals surface area contributed by atoms with E-state index in [1.54, 1.807) is 0 Å². The SMILES string of the molecule is CCCCC(CCCO)CC[CH2][InH2]. The monoisotopic (exact) mass is 288 g/mol. The second-order valence-corrected chi connectivity index (χ2v) is 6.87. The second kappa shape index (κ2) is 10.9. The molecule has 0 saturated carbocycles. The van der Waals surface area contributed by atoms with Crippen molar-refractivity contribution >= 4 is 24.4 Å². The van der Waals surface area contributed by atoms with Gasteiger partial charge in [0.1, 0.15) is 0 Å².